The van der Waals surface area contributed by atoms with E-state index in [1.165, 1.54) is 0 Å². The number of aryl methyl sites for hydroxylation is 1. The molecule has 0 bridgehead atoms. The van der Waals surface area contributed by atoms with Gasteiger partial charge in [-0.2, -0.15) is 0 Å². The third-order valence-electron chi connectivity index (χ3n) is 5.65. The molecule has 1 aromatic rings. The highest BCUT2D eigenvalue weighted by Crippen LogP contribution is 2.44. The van der Waals surface area contributed by atoms with Gasteiger partial charge in [0.25, 0.3) is 0 Å². The highest BCUT2D eigenvalue weighted by Gasteiger charge is 2.55. The average Bonchev–Trinajstić information content (AvgIpc) is 2.98. The Bertz CT molecular complexity index is 761. The third kappa shape index (κ3) is 3.07. The molecule has 1 N–H and O–H groups in total. The number of hydrogen-bond acceptors (Lipinski definition) is 5. The van der Waals surface area contributed by atoms with E-state index in [2.05, 4.69) is 4.72 Å². The quantitative estimate of drug-likeness (QED) is 0.830. The lowest BCUT2D eigenvalue weighted by atomic mass is 9.68. The maximum absolute atomic E-state index is 13.1. The lowest BCUT2D eigenvalue weighted by molar-refractivity contribution is -0.0775. The van der Waals surface area contributed by atoms with Crippen LogP contribution in [0.25, 0.3) is 0 Å². The average molecular weight is 369 g/mol. The summed E-state index contributed by atoms with van der Waals surface area (Å²) in [6.07, 6.45) is 0.991. The lowest BCUT2D eigenvalue weighted by Crippen LogP contribution is -2.62. The van der Waals surface area contributed by atoms with E-state index in [1.807, 2.05) is 13.8 Å². The van der Waals surface area contributed by atoms with Gasteiger partial charge in [0, 0.05) is 31.6 Å². The minimum atomic E-state index is -3.64. The molecule has 1 saturated carbocycles. The van der Waals surface area contributed by atoms with Crippen molar-refractivity contribution in [3.63, 3.8) is 0 Å². The lowest BCUT2D eigenvalue weighted by Gasteiger charge is -2.47. The third-order valence-corrected chi connectivity index (χ3v) is 7.39. The van der Waals surface area contributed by atoms with Gasteiger partial charge >= 0.3 is 0 Å². The Hall–Kier alpha value is -1.15. The van der Waals surface area contributed by atoms with Crippen molar-refractivity contribution in [2.75, 3.05) is 27.4 Å². The van der Waals surface area contributed by atoms with Crippen LogP contribution in [0.15, 0.2) is 11.0 Å². The van der Waals surface area contributed by atoms with Crippen LogP contribution >= 0.6 is 0 Å². The smallest absolute Gasteiger partial charge is 0.241 e. The summed E-state index contributed by atoms with van der Waals surface area (Å²) in [4.78, 5) is 0.351. The largest absolute Gasteiger partial charge is 0.496 e. The Balaban J connectivity index is 1.91. The highest BCUT2D eigenvalue weighted by atomic mass is 32.2. The van der Waals surface area contributed by atoms with Crippen LogP contribution in [0.4, 0.5) is 0 Å². The molecule has 1 aliphatic heterocycles. The van der Waals surface area contributed by atoms with Crippen molar-refractivity contribution in [1.29, 1.82) is 0 Å². The molecule has 1 heterocycles. The van der Waals surface area contributed by atoms with Gasteiger partial charge in [0.2, 0.25) is 10.0 Å². The minimum Gasteiger partial charge on any atom is -0.496 e. The molecule has 1 aromatic carbocycles. The molecule has 6 nitrogen and oxygen atoms in total. The summed E-state index contributed by atoms with van der Waals surface area (Å²) in [5, 5.41) is 0. The Morgan fingerprint density at radius 1 is 1.24 bits per heavy atom. The van der Waals surface area contributed by atoms with Gasteiger partial charge in [0.15, 0.2) is 0 Å². The summed E-state index contributed by atoms with van der Waals surface area (Å²) >= 11 is 0. The molecule has 140 valence electrons. The van der Waals surface area contributed by atoms with Crippen LogP contribution in [0, 0.1) is 32.6 Å². The van der Waals surface area contributed by atoms with E-state index in [0.717, 1.165) is 17.5 Å². The molecule has 2 aliphatic rings. The van der Waals surface area contributed by atoms with E-state index < -0.39 is 10.0 Å². The Morgan fingerprint density at radius 3 is 2.60 bits per heavy atom. The van der Waals surface area contributed by atoms with Gasteiger partial charge in [-0.3, -0.25) is 0 Å². The molecule has 0 aromatic heterocycles. The maximum atomic E-state index is 13.1. The second-order valence-corrected chi connectivity index (χ2v) is 8.68. The van der Waals surface area contributed by atoms with Crippen LogP contribution in [0.3, 0.4) is 0 Å². The van der Waals surface area contributed by atoms with Gasteiger partial charge < -0.3 is 14.2 Å². The molecule has 7 heteroatoms. The van der Waals surface area contributed by atoms with E-state index >= 15 is 0 Å². The first-order valence-electron chi connectivity index (χ1n) is 8.59. The fourth-order valence-corrected chi connectivity index (χ4v) is 6.14. The number of nitrogens with one attached hydrogen (secondary N) is 1. The minimum absolute atomic E-state index is 0.0623. The van der Waals surface area contributed by atoms with Gasteiger partial charge in [-0.15, -0.1) is 0 Å². The van der Waals surface area contributed by atoms with Crippen molar-refractivity contribution in [2.45, 2.75) is 44.2 Å². The first-order valence-corrected chi connectivity index (χ1v) is 10.1. The normalized spacial score (nSPS) is 28.5. The van der Waals surface area contributed by atoms with E-state index in [9.17, 15) is 8.42 Å². The van der Waals surface area contributed by atoms with Crippen molar-refractivity contribution in [3.05, 3.63) is 22.8 Å². The predicted octanol–water partition coefficient (Wildman–Crippen LogP) is 1.95. The molecule has 0 spiro atoms. The van der Waals surface area contributed by atoms with Crippen LogP contribution in [-0.2, 0) is 19.5 Å². The fraction of sp³-hybridized carbons (Fsp3) is 0.667. The summed E-state index contributed by atoms with van der Waals surface area (Å²) in [7, 11) is -0.407. The van der Waals surface area contributed by atoms with Gasteiger partial charge in [-0.05, 0) is 49.9 Å². The number of rotatable bonds is 6. The number of sulfonamides is 1. The molecule has 0 radical (unpaired) electrons. The van der Waals surface area contributed by atoms with Crippen molar-refractivity contribution in [1.82, 2.24) is 4.72 Å². The Morgan fingerprint density at radius 2 is 1.96 bits per heavy atom. The van der Waals surface area contributed by atoms with Crippen LogP contribution in [0.1, 0.15) is 23.1 Å². The van der Waals surface area contributed by atoms with E-state index in [4.69, 9.17) is 14.2 Å². The molecular formula is C18H27NO5S. The number of ether oxygens (including phenoxy) is 3. The number of methoxy groups -OCH3 is 2. The fourth-order valence-electron chi connectivity index (χ4n) is 4.28. The molecule has 4 atom stereocenters. The number of benzene rings is 1. The molecule has 1 saturated heterocycles. The highest BCUT2D eigenvalue weighted by molar-refractivity contribution is 7.89. The summed E-state index contributed by atoms with van der Waals surface area (Å²) in [5.41, 5.74) is 2.26. The maximum Gasteiger partial charge on any atom is 0.241 e. The molecule has 1 aliphatic carbocycles. The van der Waals surface area contributed by atoms with Gasteiger partial charge in [0.05, 0.1) is 24.7 Å². The molecule has 2 fully saturated rings. The van der Waals surface area contributed by atoms with Gasteiger partial charge in [0.1, 0.15) is 5.75 Å². The van der Waals surface area contributed by atoms with Crippen molar-refractivity contribution in [3.8, 4) is 5.75 Å². The summed E-state index contributed by atoms with van der Waals surface area (Å²) in [5.74, 6) is 1.00. The number of hydrogen-bond donors (Lipinski definition) is 1. The van der Waals surface area contributed by atoms with E-state index in [-0.39, 0.29) is 24.0 Å². The zero-order valence-electron chi connectivity index (χ0n) is 15.5. The summed E-state index contributed by atoms with van der Waals surface area (Å²) < 4.78 is 45.5. The topological polar surface area (TPSA) is 73.9 Å². The van der Waals surface area contributed by atoms with E-state index in [1.54, 1.807) is 27.2 Å². The zero-order valence-corrected chi connectivity index (χ0v) is 16.3. The standard InChI is InChI=1S/C18H27NO5S/c1-10-8-15(23-5)11(2)12(3)18(10)25(20,21)19-16-13-6-7-24-17(13)14(16)9-22-4/h8,13-14,16-17,19H,6-7,9H2,1-5H3/t13-,14-,16-,17-/m0/s1. The molecule has 3 rings (SSSR count). The zero-order chi connectivity index (χ0) is 18.4. The molecule has 0 amide bonds. The SMILES string of the molecule is COC[C@H]1[C@@H](NS(=O)(=O)c2c(C)cc(OC)c(C)c2C)[C@@H]2CCO[C@@H]21. The first kappa shape index (κ1) is 18.6. The first-order chi connectivity index (χ1) is 11.8. The molecule has 25 heavy (non-hydrogen) atoms. The second kappa shape index (κ2) is 6.87. The van der Waals surface area contributed by atoms with Crippen molar-refractivity contribution >= 4 is 10.0 Å². The van der Waals surface area contributed by atoms with Crippen molar-refractivity contribution in [2.24, 2.45) is 11.8 Å². The Kier molecular flexibility index (Phi) is 5.12. The van der Waals surface area contributed by atoms with Crippen LogP contribution in [-0.4, -0.2) is 48.0 Å². The van der Waals surface area contributed by atoms with Gasteiger partial charge in [-0.1, -0.05) is 0 Å². The molecular weight excluding hydrogens is 342 g/mol. The summed E-state index contributed by atoms with van der Waals surface area (Å²) in [6, 6.07) is 1.64. The van der Waals surface area contributed by atoms with Crippen molar-refractivity contribution < 1.29 is 22.6 Å². The van der Waals surface area contributed by atoms with Gasteiger partial charge in [-0.25, -0.2) is 13.1 Å². The second-order valence-electron chi connectivity index (χ2n) is 7.03. The van der Waals surface area contributed by atoms with Crippen LogP contribution in [0.2, 0.25) is 0 Å². The van der Waals surface area contributed by atoms with Crippen LogP contribution in [0.5, 0.6) is 5.75 Å². The summed E-state index contributed by atoms with van der Waals surface area (Å²) in [6.45, 7) is 6.69. The number of fused-ring (bicyclic) bond motifs is 1. The monoisotopic (exact) mass is 369 g/mol. The van der Waals surface area contributed by atoms with E-state index in [0.29, 0.717) is 29.4 Å². The molecule has 0 unspecified atom stereocenters. The van der Waals surface area contributed by atoms with Crippen LogP contribution < -0.4 is 9.46 Å². The predicted molar refractivity (Wildman–Crippen MR) is 94.5 cm³/mol. The Labute approximate surface area is 149 Å².